The van der Waals surface area contributed by atoms with Gasteiger partial charge >= 0.3 is 5.97 Å². The molecule has 0 aliphatic carbocycles. The summed E-state index contributed by atoms with van der Waals surface area (Å²) in [7, 11) is 0. The van der Waals surface area contributed by atoms with Crippen molar-refractivity contribution in [2.75, 3.05) is 23.4 Å². The van der Waals surface area contributed by atoms with E-state index in [1.807, 2.05) is 6.92 Å². The van der Waals surface area contributed by atoms with E-state index in [0.29, 0.717) is 23.6 Å². The third-order valence-corrected chi connectivity index (χ3v) is 3.19. The first-order valence-electron chi connectivity index (χ1n) is 6.02. The highest BCUT2D eigenvalue weighted by Gasteiger charge is 2.08. The van der Waals surface area contributed by atoms with Crippen LogP contribution in [0.5, 0.6) is 5.75 Å². The highest BCUT2D eigenvalue weighted by Crippen LogP contribution is 2.23. The van der Waals surface area contributed by atoms with E-state index in [4.69, 9.17) is 9.84 Å². The van der Waals surface area contributed by atoms with Crippen LogP contribution in [0.1, 0.15) is 12.5 Å². The molecule has 3 N–H and O–H groups in total. The monoisotopic (exact) mass is 299 g/mol. The summed E-state index contributed by atoms with van der Waals surface area (Å²) < 4.78 is 5.34. The molecule has 0 heterocycles. The number of carboxylic acid groups (broad SMARTS) is 1. The Bertz CT molecular complexity index is 478. The molecule has 0 aliphatic heterocycles. The summed E-state index contributed by atoms with van der Waals surface area (Å²) in [5.74, 6) is -0.712. The number of aliphatic carboxylic acids is 1. The van der Waals surface area contributed by atoms with Crippen molar-refractivity contribution in [1.82, 2.24) is 0 Å². The summed E-state index contributed by atoms with van der Waals surface area (Å²) in [5.41, 5.74) is 1.13. The highest BCUT2D eigenvalue weighted by molar-refractivity contribution is 8.00. The Morgan fingerprint density at radius 2 is 2.10 bits per heavy atom. The molecule has 7 heteroatoms. The van der Waals surface area contributed by atoms with E-state index in [-0.39, 0.29) is 24.0 Å². The molecule has 0 bridgehead atoms. The van der Waals surface area contributed by atoms with Gasteiger partial charge in [-0.2, -0.15) is 0 Å². The number of aliphatic hydroxyl groups is 1. The van der Waals surface area contributed by atoms with Crippen LogP contribution < -0.4 is 10.1 Å². The number of rotatable bonds is 8. The van der Waals surface area contributed by atoms with Crippen molar-refractivity contribution in [2.24, 2.45) is 0 Å². The van der Waals surface area contributed by atoms with Gasteiger partial charge in [-0.3, -0.25) is 9.59 Å². The minimum atomic E-state index is -0.952. The van der Waals surface area contributed by atoms with E-state index < -0.39 is 5.97 Å². The highest BCUT2D eigenvalue weighted by atomic mass is 32.2. The molecule has 0 radical (unpaired) electrons. The molecule has 0 fully saturated rings. The maximum atomic E-state index is 11.6. The number of aliphatic hydroxyl groups excluding tert-OH is 1. The molecule has 1 rings (SSSR count). The molecule has 0 aromatic heterocycles. The molecule has 0 aliphatic rings. The van der Waals surface area contributed by atoms with E-state index in [0.717, 1.165) is 11.8 Å². The van der Waals surface area contributed by atoms with Crippen LogP contribution in [0.25, 0.3) is 0 Å². The number of nitrogens with one attached hydrogen (secondary N) is 1. The van der Waals surface area contributed by atoms with Gasteiger partial charge in [0.2, 0.25) is 5.91 Å². The molecule has 110 valence electrons. The van der Waals surface area contributed by atoms with Gasteiger partial charge in [0.15, 0.2) is 0 Å². The molecule has 0 atom stereocenters. The molecule has 0 spiro atoms. The normalized spacial score (nSPS) is 10.1. The summed E-state index contributed by atoms with van der Waals surface area (Å²) in [5, 5.41) is 20.4. The number of thioether (sulfide) groups is 1. The number of carboxylic acids is 1. The van der Waals surface area contributed by atoms with E-state index in [1.54, 1.807) is 18.2 Å². The summed E-state index contributed by atoms with van der Waals surface area (Å²) in [6.07, 6.45) is 0. The second kappa shape index (κ2) is 8.44. The first-order chi connectivity index (χ1) is 9.56. The van der Waals surface area contributed by atoms with E-state index in [1.165, 1.54) is 0 Å². The van der Waals surface area contributed by atoms with Crippen LogP contribution in [-0.4, -0.2) is 40.2 Å². The Balaban J connectivity index is 2.59. The fourth-order valence-electron chi connectivity index (χ4n) is 1.51. The number of amides is 1. The van der Waals surface area contributed by atoms with Gasteiger partial charge in [0.25, 0.3) is 0 Å². The van der Waals surface area contributed by atoms with Gasteiger partial charge in [-0.1, -0.05) is 0 Å². The SMILES string of the molecule is CCOc1ccc(NC(=O)CSCC(=O)O)cc1CO. The number of ether oxygens (including phenoxy) is 1. The number of carbonyl (C=O) groups excluding carboxylic acids is 1. The lowest BCUT2D eigenvalue weighted by atomic mass is 10.2. The van der Waals surface area contributed by atoms with Crippen molar-refractivity contribution < 1.29 is 24.5 Å². The average molecular weight is 299 g/mol. The molecule has 1 aromatic carbocycles. The molecular formula is C13H17NO5S. The molecule has 20 heavy (non-hydrogen) atoms. The molecule has 1 amide bonds. The molecule has 0 unspecified atom stereocenters. The molecule has 0 saturated carbocycles. The molecule has 6 nitrogen and oxygen atoms in total. The van der Waals surface area contributed by atoms with Crippen LogP contribution in [-0.2, 0) is 16.2 Å². The van der Waals surface area contributed by atoms with Gasteiger partial charge in [0, 0.05) is 11.3 Å². The van der Waals surface area contributed by atoms with Crippen LogP contribution in [0, 0.1) is 0 Å². The van der Waals surface area contributed by atoms with Gasteiger partial charge in [0.05, 0.1) is 24.7 Å². The largest absolute Gasteiger partial charge is 0.494 e. The fourth-order valence-corrected chi connectivity index (χ4v) is 2.04. The number of anilines is 1. The van der Waals surface area contributed by atoms with Crippen LogP contribution in [0.15, 0.2) is 18.2 Å². The standard InChI is InChI=1S/C13H17NO5S/c1-2-19-11-4-3-10(5-9(11)6-15)14-12(16)7-20-8-13(17)18/h3-5,15H,2,6-8H2,1H3,(H,14,16)(H,17,18). The quantitative estimate of drug-likeness (QED) is 0.670. The zero-order chi connectivity index (χ0) is 15.0. The first kappa shape index (κ1) is 16.3. The van der Waals surface area contributed by atoms with Crippen LogP contribution in [0.3, 0.4) is 0 Å². The number of hydrogen-bond acceptors (Lipinski definition) is 5. The maximum Gasteiger partial charge on any atom is 0.313 e. The number of carbonyl (C=O) groups is 2. The lowest BCUT2D eigenvalue weighted by Gasteiger charge is -2.11. The van der Waals surface area contributed by atoms with Crippen molar-refractivity contribution in [3.63, 3.8) is 0 Å². The molecular weight excluding hydrogens is 282 g/mol. The lowest BCUT2D eigenvalue weighted by molar-refractivity contribution is -0.133. The second-order valence-corrected chi connectivity index (χ2v) is 4.83. The van der Waals surface area contributed by atoms with E-state index in [9.17, 15) is 14.7 Å². The van der Waals surface area contributed by atoms with Crippen molar-refractivity contribution in [2.45, 2.75) is 13.5 Å². The van der Waals surface area contributed by atoms with Crippen LogP contribution in [0.2, 0.25) is 0 Å². The Kier molecular flexibility index (Phi) is 6.89. The predicted octanol–water partition coefficient (Wildman–Crippen LogP) is 1.33. The number of benzene rings is 1. The first-order valence-corrected chi connectivity index (χ1v) is 7.18. The average Bonchev–Trinajstić information content (AvgIpc) is 2.40. The molecule has 1 aromatic rings. The topological polar surface area (TPSA) is 95.9 Å². The van der Waals surface area contributed by atoms with E-state index >= 15 is 0 Å². The zero-order valence-corrected chi connectivity index (χ0v) is 11.9. The van der Waals surface area contributed by atoms with E-state index in [2.05, 4.69) is 5.32 Å². The van der Waals surface area contributed by atoms with Crippen LogP contribution in [0.4, 0.5) is 5.69 Å². The van der Waals surface area contributed by atoms with Gasteiger partial charge in [-0.15, -0.1) is 11.8 Å². The van der Waals surface area contributed by atoms with Gasteiger partial charge in [-0.05, 0) is 25.1 Å². The Hall–Kier alpha value is -1.73. The Labute approximate surface area is 121 Å². The van der Waals surface area contributed by atoms with Crippen molar-refractivity contribution in [3.8, 4) is 5.75 Å². The van der Waals surface area contributed by atoms with Gasteiger partial charge in [-0.25, -0.2) is 0 Å². The lowest BCUT2D eigenvalue weighted by Crippen LogP contribution is -2.15. The number of hydrogen-bond donors (Lipinski definition) is 3. The van der Waals surface area contributed by atoms with Gasteiger partial charge < -0.3 is 20.3 Å². The minimum Gasteiger partial charge on any atom is -0.494 e. The van der Waals surface area contributed by atoms with Crippen molar-refractivity contribution >= 4 is 29.3 Å². The predicted molar refractivity (Wildman–Crippen MR) is 77.1 cm³/mol. The van der Waals surface area contributed by atoms with Crippen molar-refractivity contribution in [3.05, 3.63) is 23.8 Å². The summed E-state index contributed by atoms with van der Waals surface area (Å²) in [6.45, 7) is 2.15. The smallest absolute Gasteiger partial charge is 0.313 e. The molecule has 0 saturated heterocycles. The van der Waals surface area contributed by atoms with Gasteiger partial charge in [0.1, 0.15) is 5.75 Å². The maximum absolute atomic E-state index is 11.6. The Morgan fingerprint density at radius 3 is 2.70 bits per heavy atom. The third kappa shape index (κ3) is 5.50. The summed E-state index contributed by atoms with van der Waals surface area (Å²) in [6, 6.07) is 4.98. The summed E-state index contributed by atoms with van der Waals surface area (Å²) in [4.78, 5) is 21.9. The Morgan fingerprint density at radius 1 is 1.35 bits per heavy atom. The third-order valence-electron chi connectivity index (χ3n) is 2.27. The minimum absolute atomic E-state index is 0.0635. The van der Waals surface area contributed by atoms with Crippen LogP contribution >= 0.6 is 11.8 Å². The van der Waals surface area contributed by atoms with Crippen molar-refractivity contribution in [1.29, 1.82) is 0 Å². The second-order valence-electron chi connectivity index (χ2n) is 3.85. The summed E-state index contributed by atoms with van der Waals surface area (Å²) >= 11 is 1.02. The fraction of sp³-hybridized carbons (Fsp3) is 0.385. The zero-order valence-electron chi connectivity index (χ0n) is 11.1.